The molecule has 3 N–H and O–H groups in total. The molecule has 0 aromatic carbocycles. The molecular weight excluding hydrogens is 196 g/mol. The first-order chi connectivity index (χ1) is 7.31. The van der Waals surface area contributed by atoms with Crippen LogP contribution < -0.4 is 11.1 Å². The van der Waals surface area contributed by atoms with Crippen molar-refractivity contribution < 1.29 is 14.3 Å². The SMILES string of the molecule is CCCOCCC(=O)NCCC=O.CN. The van der Waals surface area contributed by atoms with Gasteiger partial charge in [0, 0.05) is 26.0 Å². The quantitative estimate of drug-likeness (QED) is 0.446. The summed E-state index contributed by atoms with van der Waals surface area (Å²) in [6.07, 6.45) is 2.50. The molecule has 0 heterocycles. The summed E-state index contributed by atoms with van der Waals surface area (Å²) in [4.78, 5) is 20.9. The van der Waals surface area contributed by atoms with E-state index in [2.05, 4.69) is 11.1 Å². The maximum Gasteiger partial charge on any atom is 0.222 e. The van der Waals surface area contributed by atoms with Gasteiger partial charge in [-0.3, -0.25) is 4.79 Å². The molecule has 0 aromatic heterocycles. The minimum Gasteiger partial charge on any atom is -0.381 e. The minimum absolute atomic E-state index is 0.0575. The van der Waals surface area contributed by atoms with Crippen LogP contribution in [0.4, 0.5) is 0 Å². The second-order valence-corrected chi connectivity index (χ2v) is 2.67. The van der Waals surface area contributed by atoms with Crippen molar-refractivity contribution in [1.82, 2.24) is 5.32 Å². The third-order valence-electron chi connectivity index (χ3n) is 1.41. The van der Waals surface area contributed by atoms with Crippen molar-refractivity contribution in [1.29, 1.82) is 0 Å². The number of hydrogen-bond acceptors (Lipinski definition) is 4. The van der Waals surface area contributed by atoms with E-state index >= 15 is 0 Å². The van der Waals surface area contributed by atoms with Crippen LogP contribution in [0.15, 0.2) is 0 Å². The Balaban J connectivity index is 0. The maximum atomic E-state index is 11.0. The molecule has 0 fully saturated rings. The van der Waals surface area contributed by atoms with Crippen LogP contribution in [-0.2, 0) is 14.3 Å². The van der Waals surface area contributed by atoms with Gasteiger partial charge in [0.2, 0.25) is 5.91 Å². The highest BCUT2D eigenvalue weighted by molar-refractivity contribution is 5.76. The number of carbonyl (C=O) groups excluding carboxylic acids is 2. The second-order valence-electron chi connectivity index (χ2n) is 2.67. The molecule has 0 saturated heterocycles. The maximum absolute atomic E-state index is 11.0. The summed E-state index contributed by atoms with van der Waals surface area (Å²) in [7, 11) is 1.50. The van der Waals surface area contributed by atoms with Crippen LogP contribution in [0.3, 0.4) is 0 Å². The second kappa shape index (κ2) is 15.5. The van der Waals surface area contributed by atoms with Crippen molar-refractivity contribution in [2.45, 2.75) is 26.2 Å². The number of amides is 1. The van der Waals surface area contributed by atoms with Crippen molar-refractivity contribution in [3.63, 3.8) is 0 Å². The topological polar surface area (TPSA) is 81.4 Å². The molecule has 0 rings (SSSR count). The molecule has 0 radical (unpaired) electrons. The first-order valence-corrected chi connectivity index (χ1v) is 5.17. The van der Waals surface area contributed by atoms with Gasteiger partial charge in [-0.2, -0.15) is 0 Å². The molecular formula is C10H22N2O3. The third-order valence-corrected chi connectivity index (χ3v) is 1.41. The Morgan fingerprint density at radius 3 is 2.60 bits per heavy atom. The van der Waals surface area contributed by atoms with E-state index in [0.29, 0.717) is 32.6 Å². The third kappa shape index (κ3) is 15.8. The summed E-state index contributed by atoms with van der Waals surface area (Å²) in [5, 5.41) is 2.61. The van der Waals surface area contributed by atoms with Gasteiger partial charge < -0.3 is 20.6 Å². The fourth-order valence-corrected chi connectivity index (χ4v) is 0.770. The smallest absolute Gasteiger partial charge is 0.222 e. The number of hydrogen-bond donors (Lipinski definition) is 2. The average Bonchev–Trinajstić information content (AvgIpc) is 2.28. The molecule has 0 atom stereocenters. The molecule has 0 aromatic rings. The van der Waals surface area contributed by atoms with Crippen LogP contribution >= 0.6 is 0 Å². The van der Waals surface area contributed by atoms with E-state index < -0.39 is 0 Å². The van der Waals surface area contributed by atoms with Gasteiger partial charge in [0.05, 0.1) is 6.61 Å². The molecule has 0 unspecified atom stereocenters. The zero-order valence-electron chi connectivity index (χ0n) is 9.62. The lowest BCUT2D eigenvalue weighted by molar-refractivity contribution is -0.122. The predicted molar refractivity (Wildman–Crippen MR) is 59.5 cm³/mol. The molecule has 0 aliphatic heterocycles. The molecule has 5 nitrogen and oxygen atoms in total. The van der Waals surface area contributed by atoms with Crippen molar-refractivity contribution >= 4 is 12.2 Å². The standard InChI is InChI=1S/C9H17NO3.CH5N/c1-2-7-13-8-4-9(12)10-5-3-6-11;1-2/h6H,2-5,7-8H2,1H3,(H,10,12);2H2,1H3. The lowest BCUT2D eigenvalue weighted by Gasteiger charge is -2.03. The van der Waals surface area contributed by atoms with E-state index in [9.17, 15) is 9.59 Å². The monoisotopic (exact) mass is 218 g/mol. The van der Waals surface area contributed by atoms with Crippen LogP contribution in [0, 0.1) is 0 Å². The highest BCUT2D eigenvalue weighted by atomic mass is 16.5. The zero-order valence-corrected chi connectivity index (χ0v) is 9.62. The van der Waals surface area contributed by atoms with Gasteiger partial charge in [-0.05, 0) is 13.5 Å². The summed E-state index contributed by atoms with van der Waals surface area (Å²) in [6, 6.07) is 0. The van der Waals surface area contributed by atoms with Crippen LogP contribution in [0.25, 0.3) is 0 Å². The van der Waals surface area contributed by atoms with E-state index in [1.807, 2.05) is 6.92 Å². The molecule has 0 aliphatic rings. The van der Waals surface area contributed by atoms with E-state index in [0.717, 1.165) is 12.7 Å². The largest absolute Gasteiger partial charge is 0.381 e. The van der Waals surface area contributed by atoms with E-state index in [4.69, 9.17) is 4.74 Å². The van der Waals surface area contributed by atoms with Crippen molar-refractivity contribution in [3.8, 4) is 0 Å². The lowest BCUT2D eigenvalue weighted by Crippen LogP contribution is -2.25. The lowest BCUT2D eigenvalue weighted by atomic mass is 10.4. The molecule has 90 valence electrons. The highest BCUT2D eigenvalue weighted by Gasteiger charge is 1.98. The predicted octanol–water partition coefficient (Wildman–Crippen LogP) is 0.0832. The zero-order chi connectivity index (χ0) is 11.9. The first-order valence-electron chi connectivity index (χ1n) is 5.17. The van der Waals surface area contributed by atoms with Crippen LogP contribution in [-0.4, -0.2) is 39.0 Å². The Bertz CT molecular complexity index is 152. The summed E-state index contributed by atoms with van der Waals surface area (Å²) < 4.78 is 5.13. The van der Waals surface area contributed by atoms with Gasteiger partial charge in [-0.1, -0.05) is 6.92 Å². The Morgan fingerprint density at radius 2 is 2.07 bits per heavy atom. The number of nitrogens with one attached hydrogen (secondary N) is 1. The van der Waals surface area contributed by atoms with Crippen LogP contribution in [0.2, 0.25) is 0 Å². The first kappa shape index (κ1) is 16.5. The van der Waals surface area contributed by atoms with Gasteiger partial charge in [0.1, 0.15) is 6.29 Å². The van der Waals surface area contributed by atoms with Gasteiger partial charge in [-0.25, -0.2) is 0 Å². The number of rotatable bonds is 8. The summed E-state index contributed by atoms with van der Waals surface area (Å²) in [5.41, 5.74) is 4.50. The number of carbonyl (C=O) groups is 2. The average molecular weight is 218 g/mol. The van der Waals surface area contributed by atoms with Gasteiger partial charge in [0.25, 0.3) is 0 Å². The van der Waals surface area contributed by atoms with Gasteiger partial charge in [-0.15, -0.1) is 0 Å². The van der Waals surface area contributed by atoms with Crippen molar-refractivity contribution in [2.24, 2.45) is 5.73 Å². The van der Waals surface area contributed by atoms with E-state index in [1.54, 1.807) is 0 Å². The Hall–Kier alpha value is -0.940. The molecule has 5 heteroatoms. The van der Waals surface area contributed by atoms with Gasteiger partial charge >= 0.3 is 0 Å². The van der Waals surface area contributed by atoms with Gasteiger partial charge in [0.15, 0.2) is 0 Å². The Morgan fingerprint density at radius 1 is 1.40 bits per heavy atom. The Kier molecular flexibility index (Phi) is 17.1. The number of ether oxygens (including phenoxy) is 1. The van der Waals surface area contributed by atoms with E-state index in [-0.39, 0.29) is 5.91 Å². The fourth-order valence-electron chi connectivity index (χ4n) is 0.770. The molecule has 0 saturated carbocycles. The summed E-state index contributed by atoms with van der Waals surface area (Å²) >= 11 is 0. The number of aldehydes is 1. The van der Waals surface area contributed by atoms with Crippen molar-refractivity contribution in [3.05, 3.63) is 0 Å². The normalized spacial score (nSPS) is 8.73. The highest BCUT2D eigenvalue weighted by Crippen LogP contribution is 1.85. The molecule has 0 bridgehead atoms. The van der Waals surface area contributed by atoms with Crippen LogP contribution in [0.5, 0.6) is 0 Å². The summed E-state index contributed by atoms with van der Waals surface area (Å²) in [6.45, 7) is 3.60. The van der Waals surface area contributed by atoms with Crippen molar-refractivity contribution in [2.75, 3.05) is 26.8 Å². The van der Waals surface area contributed by atoms with Crippen LogP contribution in [0.1, 0.15) is 26.2 Å². The molecule has 1 amide bonds. The molecule has 0 spiro atoms. The molecule has 15 heavy (non-hydrogen) atoms. The molecule has 0 aliphatic carbocycles. The fraction of sp³-hybridized carbons (Fsp3) is 0.800. The number of nitrogens with two attached hydrogens (primary N) is 1. The Labute approximate surface area is 91.4 Å². The van der Waals surface area contributed by atoms with E-state index in [1.165, 1.54) is 7.05 Å². The summed E-state index contributed by atoms with van der Waals surface area (Å²) in [5.74, 6) is -0.0575. The minimum atomic E-state index is -0.0575.